The lowest BCUT2D eigenvalue weighted by Gasteiger charge is -2.34. The number of allylic oxidation sites excluding steroid dienone is 1. The minimum Gasteiger partial charge on any atom is -0.497 e. The zero-order valence-corrected chi connectivity index (χ0v) is 13.8. The van der Waals surface area contributed by atoms with E-state index < -0.39 is 11.6 Å². The van der Waals surface area contributed by atoms with Gasteiger partial charge in [0.25, 0.3) is 0 Å². The van der Waals surface area contributed by atoms with Gasteiger partial charge >= 0.3 is 5.97 Å². The fourth-order valence-electron chi connectivity index (χ4n) is 3.32. The summed E-state index contributed by atoms with van der Waals surface area (Å²) in [6, 6.07) is 7.59. The van der Waals surface area contributed by atoms with Crippen molar-refractivity contribution in [3.05, 3.63) is 53.6 Å². The third-order valence-corrected chi connectivity index (χ3v) is 4.50. The Morgan fingerprint density at radius 3 is 2.79 bits per heavy atom. The first kappa shape index (κ1) is 16.5. The summed E-state index contributed by atoms with van der Waals surface area (Å²) in [5.74, 6) is 0.184. The van der Waals surface area contributed by atoms with Gasteiger partial charge in [-0.2, -0.15) is 0 Å². The van der Waals surface area contributed by atoms with Crippen LogP contribution in [0.2, 0.25) is 0 Å². The van der Waals surface area contributed by atoms with E-state index in [1.54, 1.807) is 26.2 Å². The monoisotopic (exact) mass is 328 g/mol. The van der Waals surface area contributed by atoms with Crippen LogP contribution >= 0.6 is 0 Å². The van der Waals surface area contributed by atoms with Crippen molar-refractivity contribution in [3.63, 3.8) is 0 Å². The van der Waals surface area contributed by atoms with Crippen molar-refractivity contribution in [2.45, 2.75) is 18.9 Å². The van der Waals surface area contributed by atoms with E-state index in [0.29, 0.717) is 19.6 Å². The largest absolute Gasteiger partial charge is 0.497 e. The Kier molecular flexibility index (Phi) is 4.53. The Hall–Kier alpha value is -2.40. The first-order chi connectivity index (χ1) is 11.6. The summed E-state index contributed by atoms with van der Waals surface area (Å²) in [4.78, 5) is 23.7. The first-order valence-corrected chi connectivity index (χ1v) is 7.97. The fraction of sp³-hybridized carbons (Fsp3) is 0.368. The molecule has 24 heavy (non-hydrogen) atoms. The standard InChI is InChI=1S/C19H20O5/c1-3-23-18(21)10-13-12-24-19(9-8-15(20)11-17(13)19)14-4-6-16(22-2)7-5-14/h4-10,17H,3,11-12H2,1-2H3/b13-10+/t17-,19+/m1/s1. The van der Waals surface area contributed by atoms with Crippen LogP contribution in [0.15, 0.2) is 48.1 Å². The second-order valence-electron chi connectivity index (χ2n) is 5.84. The number of methoxy groups -OCH3 is 1. The van der Waals surface area contributed by atoms with Crippen molar-refractivity contribution in [3.8, 4) is 5.75 Å². The number of fused-ring (bicyclic) bond motifs is 1. The lowest BCUT2D eigenvalue weighted by atomic mass is 9.73. The van der Waals surface area contributed by atoms with Gasteiger partial charge in [-0.3, -0.25) is 4.79 Å². The van der Waals surface area contributed by atoms with E-state index in [1.165, 1.54) is 6.08 Å². The molecule has 3 rings (SSSR count). The van der Waals surface area contributed by atoms with Crippen molar-refractivity contribution in [1.82, 2.24) is 0 Å². The predicted molar refractivity (Wildman–Crippen MR) is 87.6 cm³/mol. The van der Waals surface area contributed by atoms with Crippen molar-refractivity contribution >= 4 is 11.8 Å². The number of rotatable bonds is 4. The molecule has 1 fully saturated rings. The molecular weight excluding hydrogens is 308 g/mol. The molecule has 1 aromatic rings. The normalized spacial score (nSPS) is 27.2. The molecule has 0 amide bonds. The van der Waals surface area contributed by atoms with E-state index in [-0.39, 0.29) is 11.7 Å². The Balaban J connectivity index is 1.99. The summed E-state index contributed by atoms with van der Waals surface area (Å²) < 4.78 is 16.3. The highest BCUT2D eigenvalue weighted by atomic mass is 16.5. The lowest BCUT2D eigenvalue weighted by molar-refractivity contribution is -0.137. The molecule has 0 spiro atoms. The van der Waals surface area contributed by atoms with Crippen LogP contribution in [0.1, 0.15) is 18.9 Å². The first-order valence-electron chi connectivity index (χ1n) is 7.97. The Morgan fingerprint density at radius 1 is 1.38 bits per heavy atom. The molecule has 2 aliphatic rings. The molecule has 0 aromatic heterocycles. The second-order valence-corrected chi connectivity index (χ2v) is 5.84. The average molecular weight is 328 g/mol. The van der Waals surface area contributed by atoms with E-state index in [4.69, 9.17) is 14.2 Å². The molecule has 1 heterocycles. The van der Waals surface area contributed by atoms with Crippen molar-refractivity contribution < 1.29 is 23.8 Å². The van der Waals surface area contributed by atoms with Crippen molar-refractivity contribution in [2.24, 2.45) is 5.92 Å². The summed E-state index contributed by atoms with van der Waals surface area (Å²) in [5.41, 5.74) is 1.00. The summed E-state index contributed by atoms with van der Waals surface area (Å²) in [5, 5.41) is 0. The third kappa shape index (κ3) is 2.87. The van der Waals surface area contributed by atoms with Gasteiger partial charge < -0.3 is 14.2 Å². The molecule has 0 radical (unpaired) electrons. The zero-order chi connectivity index (χ0) is 17.2. The molecule has 5 nitrogen and oxygen atoms in total. The highest BCUT2D eigenvalue weighted by molar-refractivity contribution is 5.92. The number of ether oxygens (including phenoxy) is 3. The van der Waals surface area contributed by atoms with Gasteiger partial charge in [-0.05, 0) is 42.3 Å². The molecule has 5 heteroatoms. The number of esters is 1. The van der Waals surface area contributed by atoms with Gasteiger partial charge in [-0.25, -0.2) is 4.79 Å². The van der Waals surface area contributed by atoms with E-state index in [9.17, 15) is 9.59 Å². The Morgan fingerprint density at radius 2 is 2.12 bits per heavy atom. The summed E-state index contributed by atoms with van der Waals surface area (Å²) >= 11 is 0. The second kappa shape index (κ2) is 6.61. The number of ketones is 1. The van der Waals surface area contributed by atoms with Crippen LogP contribution < -0.4 is 4.74 Å². The van der Waals surface area contributed by atoms with Crippen molar-refractivity contribution in [1.29, 1.82) is 0 Å². The zero-order valence-electron chi connectivity index (χ0n) is 13.8. The number of carbonyl (C=O) groups excluding carboxylic acids is 2. The molecule has 0 unspecified atom stereocenters. The Bertz CT molecular complexity index is 701. The van der Waals surface area contributed by atoms with Gasteiger partial charge in [0.15, 0.2) is 5.78 Å². The molecule has 1 aliphatic carbocycles. The van der Waals surface area contributed by atoms with Gasteiger partial charge in [-0.15, -0.1) is 0 Å². The molecule has 1 aliphatic heterocycles. The fourth-order valence-corrected chi connectivity index (χ4v) is 3.32. The highest BCUT2D eigenvalue weighted by Crippen LogP contribution is 2.49. The van der Waals surface area contributed by atoms with Crippen LogP contribution in [-0.4, -0.2) is 32.1 Å². The molecule has 2 atom stereocenters. The van der Waals surface area contributed by atoms with E-state index in [0.717, 1.165) is 16.9 Å². The highest BCUT2D eigenvalue weighted by Gasteiger charge is 2.49. The maximum atomic E-state index is 11.9. The van der Waals surface area contributed by atoms with Crippen LogP contribution in [0.5, 0.6) is 5.75 Å². The predicted octanol–water partition coefficient (Wildman–Crippen LogP) is 2.56. The number of hydrogen-bond donors (Lipinski definition) is 0. The molecule has 0 bridgehead atoms. The molecule has 1 aromatic carbocycles. The summed E-state index contributed by atoms with van der Waals surface area (Å²) in [6.45, 7) is 2.37. The summed E-state index contributed by atoms with van der Waals surface area (Å²) in [7, 11) is 1.61. The van der Waals surface area contributed by atoms with Crippen LogP contribution in [0.25, 0.3) is 0 Å². The van der Waals surface area contributed by atoms with Crippen LogP contribution in [-0.2, 0) is 24.7 Å². The third-order valence-electron chi connectivity index (χ3n) is 4.50. The topological polar surface area (TPSA) is 61.8 Å². The smallest absolute Gasteiger partial charge is 0.330 e. The van der Waals surface area contributed by atoms with Crippen LogP contribution in [0.3, 0.4) is 0 Å². The van der Waals surface area contributed by atoms with Crippen LogP contribution in [0, 0.1) is 5.92 Å². The van der Waals surface area contributed by atoms with Gasteiger partial charge in [0, 0.05) is 18.4 Å². The number of benzene rings is 1. The van der Waals surface area contributed by atoms with E-state index >= 15 is 0 Å². The van der Waals surface area contributed by atoms with Crippen molar-refractivity contribution in [2.75, 3.05) is 20.3 Å². The number of hydrogen-bond acceptors (Lipinski definition) is 5. The maximum absolute atomic E-state index is 11.9. The average Bonchev–Trinajstić information content (AvgIpc) is 2.94. The SMILES string of the molecule is CCOC(=O)/C=C1\CO[C@]2(c3ccc(OC)cc3)C=CC(=O)C[C@H]12. The van der Waals surface area contributed by atoms with Gasteiger partial charge in [0.1, 0.15) is 11.4 Å². The van der Waals surface area contributed by atoms with Crippen LogP contribution in [0.4, 0.5) is 0 Å². The Labute approximate surface area is 140 Å². The molecule has 0 saturated carbocycles. The van der Waals surface area contributed by atoms with Gasteiger partial charge in [-0.1, -0.05) is 12.1 Å². The van der Waals surface area contributed by atoms with Gasteiger partial charge in [0.05, 0.1) is 20.3 Å². The number of carbonyl (C=O) groups is 2. The minimum atomic E-state index is -0.724. The molecule has 1 saturated heterocycles. The molecular formula is C19H20O5. The minimum absolute atomic E-state index is 0.0318. The molecule has 126 valence electrons. The lowest BCUT2D eigenvalue weighted by Crippen LogP contribution is -2.35. The maximum Gasteiger partial charge on any atom is 0.330 e. The molecule has 0 N–H and O–H groups in total. The quantitative estimate of drug-likeness (QED) is 0.628. The summed E-state index contributed by atoms with van der Waals surface area (Å²) in [6.07, 6.45) is 5.14. The van der Waals surface area contributed by atoms with E-state index in [1.807, 2.05) is 24.3 Å². The van der Waals surface area contributed by atoms with Gasteiger partial charge in [0.2, 0.25) is 0 Å². The van der Waals surface area contributed by atoms with E-state index in [2.05, 4.69) is 0 Å².